The first-order valence-corrected chi connectivity index (χ1v) is 9.82. The normalized spacial score (nSPS) is 10.8. The lowest BCUT2D eigenvalue weighted by molar-refractivity contribution is -0.137. The van der Waals surface area contributed by atoms with Gasteiger partial charge >= 0.3 is 5.97 Å². The van der Waals surface area contributed by atoms with Crippen molar-refractivity contribution in [1.29, 1.82) is 0 Å². The summed E-state index contributed by atoms with van der Waals surface area (Å²) in [6.45, 7) is 0.419. The number of fused-ring (bicyclic) bond motifs is 1. The Morgan fingerprint density at radius 1 is 0.933 bits per heavy atom. The van der Waals surface area contributed by atoms with E-state index in [0.717, 1.165) is 39.0 Å². The zero-order chi connectivity index (χ0) is 20.9. The molecule has 0 saturated heterocycles. The smallest absolute Gasteiger partial charge is 0.303 e. The Balaban J connectivity index is 1.42. The largest absolute Gasteiger partial charge is 0.489 e. The van der Waals surface area contributed by atoms with Crippen LogP contribution in [0.4, 0.5) is 0 Å². The number of para-hydroxylation sites is 1. The van der Waals surface area contributed by atoms with E-state index in [4.69, 9.17) is 15.3 Å². The Hall–Kier alpha value is -3.86. The van der Waals surface area contributed by atoms with Gasteiger partial charge in [0.25, 0.3) is 0 Å². The molecule has 0 atom stereocenters. The molecule has 150 valence electrons. The monoisotopic (exact) mass is 399 g/mol. The third kappa shape index (κ3) is 4.58. The average Bonchev–Trinajstić information content (AvgIpc) is 3.21. The molecule has 0 unspecified atom stereocenters. The minimum absolute atomic E-state index is 0.126. The molecule has 30 heavy (non-hydrogen) atoms. The number of hydrogen-bond acceptors (Lipinski definition) is 2. The first kappa shape index (κ1) is 19.5. The lowest BCUT2D eigenvalue weighted by Gasteiger charge is -2.08. The van der Waals surface area contributed by atoms with Gasteiger partial charge in [-0.1, -0.05) is 42.5 Å². The first-order chi connectivity index (χ1) is 14.6. The predicted octanol–water partition coefficient (Wildman–Crippen LogP) is 3.36. The molecule has 0 amide bonds. The lowest BCUT2D eigenvalue weighted by atomic mass is 10.0. The molecule has 0 aliphatic rings. The number of H-pyrrole nitrogens is 1. The van der Waals surface area contributed by atoms with Gasteiger partial charge in [0.15, 0.2) is 0 Å². The van der Waals surface area contributed by atoms with Crippen LogP contribution in [0.2, 0.25) is 0 Å². The highest BCUT2D eigenvalue weighted by atomic mass is 16.5. The molecular formula is C25H23N2O3+. The summed E-state index contributed by atoms with van der Waals surface area (Å²) in [6, 6.07) is 25.7. The van der Waals surface area contributed by atoms with Gasteiger partial charge in [-0.15, -0.1) is 0 Å². The number of benzene rings is 3. The quantitative estimate of drug-likeness (QED) is 0.397. The second-order valence-corrected chi connectivity index (χ2v) is 7.21. The van der Waals surface area contributed by atoms with E-state index in [2.05, 4.69) is 17.1 Å². The molecule has 4 N–H and O–H groups in total. The maximum absolute atomic E-state index is 10.7. The Bertz CT molecular complexity index is 1160. The summed E-state index contributed by atoms with van der Waals surface area (Å²) in [5, 5.41) is 16.3. The van der Waals surface area contributed by atoms with Crippen LogP contribution in [-0.2, 0) is 17.8 Å². The number of rotatable bonds is 8. The van der Waals surface area contributed by atoms with Gasteiger partial charge in [0.05, 0.1) is 0 Å². The number of aryl methyl sites for hydroxylation is 1. The van der Waals surface area contributed by atoms with Crippen LogP contribution >= 0.6 is 0 Å². The molecule has 4 rings (SSSR count). The highest BCUT2D eigenvalue weighted by Crippen LogP contribution is 2.19. The molecule has 5 nitrogen and oxygen atoms in total. The molecule has 4 aromatic rings. The minimum atomic E-state index is -0.793. The van der Waals surface area contributed by atoms with Crippen LogP contribution in [0.5, 0.6) is 5.75 Å². The topological polar surface area (TPSA) is 87.9 Å². The van der Waals surface area contributed by atoms with Gasteiger partial charge in [-0.3, -0.25) is 10.2 Å². The SMILES string of the molecule is [NH2+]=C(c1cccc(COc2ccc(CCC(=O)O)cc2)c1)c1cc2ccccc2[nH]1. The van der Waals surface area contributed by atoms with Crippen LogP contribution in [0.15, 0.2) is 78.9 Å². The molecule has 1 heterocycles. The van der Waals surface area contributed by atoms with Gasteiger partial charge in [-0.2, -0.15) is 0 Å². The number of nitrogens with one attached hydrogen (secondary N) is 1. The predicted molar refractivity (Wildman–Crippen MR) is 117 cm³/mol. The number of carboxylic acids is 1. The first-order valence-electron chi connectivity index (χ1n) is 9.82. The van der Waals surface area contributed by atoms with Crippen molar-refractivity contribution >= 4 is 22.6 Å². The van der Waals surface area contributed by atoms with Crippen molar-refractivity contribution in [2.75, 3.05) is 0 Å². The number of hydrogen-bond donors (Lipinski definition) is 3. The fraction of sp³-hybridized carbons (Fsp3) is 0.120. The molecule has 1 aromatic heterocycles. The lowest BCUT2D eigenvalue weighted by Crippen LogP contribution is -2.41. The number of aromatic nitrogens is 1. The number of aliphatic carboxylic acids is 1. The highest BCUT2D eigenvalue weighted by Gasteiger charge is 2.14. The van der Waals surface area contributed by atoms with Gasteiger partial charge in [-0.25, -0.2) is 0 Å². The van der Waals surface area contributed by atoms with Crippen LogP contribution in [0.3, 0.4) is 0 Å². The summed E-state index contributed by atoms with van der Waals surface area (Å²) >= 11 is 0. The summed E-state index contributed by atoms with van der Waals surface area (Å²) in [5.74, 6) is -0.0502. The Kier molecular flexibility index (Phi) is 5.61. The zero-order valence-corrected chi connectivity index (χ0v) is 16.5. The molecule has 0 radical (unpaired) electrons. The van der Waals surface area contributed by atoms with E-state index < -0.39 is 5.97 Å². The summed E-state index contributed by atoms with van der Waals surface area (Å²) < 4.78 is 5.89. The molecule has 0 aliphatic carbocycles. The van der Waals surface area contributed by atoms with Crippen molar-refractivity contribution in [2.45, 2.75) is 19.4 Å². The van der Waals surface area contributed by atoms with E-state index in [0.29, 0.717) is 18.7 Å². The minimum Gasteiger partial charge on any atom is -0.489 e. The third-order valence-corrected chi connectivity index (χ3v) is 5.01. The van der Waals surface area contributed by atoms with Gasteiger partial charge in [0, 0.05) is 22.9 Å². The average molecular weight is 399 g/mol. The third-order valence-electron chi connectivity index (χ3n) is 5.01. The van der Waals surface area contributed by atoms with Gasteiger partial charge in [0.2, 0.25) is 5.71 Å². The number of carbonyl (C=O) groups is 1. The Morgan fingerprint density at radius 3 is 2.50 bits per heavy atom. The number of ether oxygens (including phenoxy) is 1. The van der Waals surface area contributed by atoms with Crippen molar-refractivity contribution in [2.24, 2.45) is 0 Å². The second kappa shape index (κ2) is 8.66. The van der Waals surface area contributed by atoms with Gasteiger partial charge < -0.3 is 14.8 Å². The van der Waals surface area contributed by atoms with Crippen molar-refractivity contribution in [3.05, 3.63) is 101 Å². The highest BCUT2D eigenvalue weighted by molar-refractivity contribution is 6.10. The maximum Gasteiger partial charge on any atom is 0.303 e. The standard InChI is InChI=1S/C25H22N2O3/c26-25(23-15-19-5-1-2-7-22(19)27-23)20-6-3-4-18(14-20)16-30-21-11-8-17(9-12-21)10-13-24(28)29/h1-9,11-12,14-15,26-27H,10,13,16H2,(H,28,29)/p+1. The fourth-order valence-corrected chi connectivity index (χ4v) is 3.37. The molecule has 0 fully saturated rings. The van der Waals surface area contributed by atoms with E-state index in [1.807, 2.05) is 66.7 Å². The molecule has 0 saturated carbocycles. The summed E-state index contributed by atoms with van der Waals surface area (Å²) in [7, 11) is 0. The van der Waals surface area contributed by atoms with Crippen LogP contribution in [0.25, 0.3) is 10.9 Å². The summed E-state index contributed by atoms with van der Waals surface area (Å²) in [4.78, 5) is 14.0. The zero-order valence-electron chi connectivity index (χ0n) is 16.5. The number of aromatic amines is 1. The van der Waals surface area contributed by atoms with Crippen molar-refractivity contribution < 1.29 is 20.0 Å². The van der Waals surface area contributed by atoms with Crippen LogP contribution in [-0.4, -0.2) is 21.8 Å². The maximum atomic E-state index is 10.7. The van der Waals surface area contributed by atoms with Gasteiger partial charge in [-0.05, 0) is 53.9 Å². The van der Waals surface area contributed by atoms with E-state index in [-0.39, 0.29) is 6.42 Å². The number of nitrogens with two attached hydrogens (primary N) is 1. The molecule has 0 bridgehead atoms. The van der Waals surface area contributed by atoms with Crippen LogP contribution < -0.4 is 10.1 Å². The molecule has 5 heteroatoms. The summed E-state index contributed by atoms with van der Waals surface area (Å²) in [6.07, 6.45) is 0.641. The van der Waals surface area contributed by atoms with Crippen LogP contribution in [0.1, 0.15) is 28.8 Å². The Labute approximate surface area is 174 Å². The molecule has 3 aromatic carbocycles. The second-order valence-electron chi connectivity index (χ2n) is 7.21. The summed E-state index contributed by atoms with van der Waals surface area (Å²) in [5.41, 5.74) is 5.57. The van der Waals surface area contributed by atoms with Crippen molar-refractivity contribution in [3.8, 4) is 5.75 Å². The van der Waals surface area contributed by atoms with E-state index in [9.17, 15) is 4.79 Å². The Morgan fingerprint density at radius 2 is 1.73 bits per heavy atom. The van der Waals surface area contributed by atoms with Crippen molar-refractivity contribution in [1.82, 2.24) is 4.98 Å². The molecular weight excluding hydrogens is 376 g/mol. The van der Waals surface area contributed by atoms with E-state index >= 15 is 0 Å². The van der Waals surface area contributed by atoms with E-state index in [1.54, 1.807) is 0 Å². The van der Waals surface area contributed by atoms with Gasteiger partial charge in [0.1, 0.15) is 18.1 Å². The number of carboxylic acid groups (broad SMARTS) is 1. The fourth-order valence-electron chi connectivity index (χ4n) is 3.37. The van der Waals surface area contributed by atoms with Crippen LogP contribution in [0, 0.1) is 0 Å². The van der Waals surface area contributed by atoms with Crippen molar-refractivity contribution in [3.63, 3.8) is 0 Å². The molecule has 0 aliphatic heterocycles. The van der Waals surface area contributed by atoms with E-state index in [1.165, 1.54) is 0 Å². The molecule has 0 spiro atoms.